The van der Waals surface area contributed by atoms with E-state index >= 15 is 0 Å². The molecule has 0 spiro atoms. The Labute approximate surface area is 222 Å². The summed E-state index contributed by atoms with van der Waals surface area (Å²) in [7, 11) is 1.65. The fraction of sp³-hybridized carbons (Fsp3) is 0.370. The van der Waals surface area contributed by atoms with Crippen molar-refractivity contribution >= 4 is 40.7 Å². The van der Waals surface area contributed by atoms with Gasteiger partial charge in [0.2, 0.25) is 0 Å². The van der Waals surface area contributed by atoms with E-state index in [2.05, 4.69) is 15.5 Å². The van der Waals surface area contributed by atoms with Gasteiger partial charge in [-0.25, -0.2) is 0 Å². The number of aromatic nitrogens is 1. The third-order valence-corrected chi connectivity index (χ3v) is 7.52. The van der Waals surface area contributed by atoms with Gasteiger partial charge in [0.05, 0.1) is 30.4 Å². The molecule has 0 bridgehead atoms. The van der Waals surface area contributed by atoms with Crippen LogP contribution in [0.3, 0.4) is 0 Å². The van der Waals surface area contributed by atoms with E-state index in [0.29, 0.717) is 17.2 Å². The lowest BCUT2D eigenvalue weighted by Crippen LogP contribution is -2.41. The smallest absolute Gasteiger partial charge is 0.253 e. The van der Waals surface area contributed by atoms with Crippen LogP contribution in [0.15, 0.2) is 59.2 Å². The highest BCUT2D eigenvalue weighted by Gasteiger charge is 2.27. The normalized spacial score (nSPS) is 13.9. The molecule has 9 heteroatoms. The molecule has 0 aliphatic carbocycles. The Hall–Kier alpha value is -3.04. The number of thioether (sulfide) groups is 1. The maximum atomic E-state index is 13.0. The Morgan fingerprint density at radius 3 is 2.67 bits per heavy atom. The van der Waals surface area contributed by atoms with Crippen LogP contribution in [0, 0.1) is 6.92 Å². The molecular formula is C27H32N4O3S2. The van der Waals surface area contributed by atoms with E-state index < -0.39 is 0 Å². The van der Waals surface area contributed by atoms with Gasteiger partial charge in [-0.2, -0.15) is 11.8 Å². The molecule has 4 rings (SSSR count). The number of ether oxygens (including phenoxy) is 1. The summed E-state index contributed by atoms with van der Waals surface area (Å²) in [6.45, 7) is 4.19. The number of piperidine rings is 1. The largest absolute Gasteiger partial charge is 0.497 e. The zero-order valence-electron chi connectivity index (χ0n) is 20.7. The number of nitrogens with one attached hydrogen (secondary N) is 2. The number of carbonyl (C=O) groups is 1. The summed E-state index contributed by atoms with van der Waals surface area (Å²) in [6, 6.07) is 15.4. The number of hydrogen-bond acceptors (Lipinski definition) is 6. The fourth-order valence-corrected chi connectivity index (χ4v) is 5.27. The number of methoxy groups -OCH3 is 1. The van der Waals surface area contributed by atoms with Crippen LogP contribution in [0.5, 0.6) is 5.75 Å². The lowest BCUT2D eigenvalue weighted by Gasteiger charge is -2.34. The third-order valence-electron chi connectivity index (χ3n) is 6.18. The summed E-state index contributed by atoms with van der Waals surface area (Å²) in [4.78, 5) is 20.0. The molecular weight excluding hydrogens is 492 g/mol. The van der Waals surface area contributed by atoms with Crippen LogP contribution in [0.2, 0.25) is 0 Å². The van der Waals surface area contributed by atoms with Crippen LogP contribution >= 0.6 is 24.0 Å². The summed E-state index contributed by atoms with van der Waals surface area (Å²) in [5.41, 5.74) is 3.43. The Morgan fingerprint density at radius 1 is 1.19 bits per heavy atom. The molecule has 1 saturated heterocycles. The minimum Gasteiger partial charge on any atom is -0.497 e. The van der Waals surface area contributed by atoms with Gasteiger partial charge in [0.1, 0.15) is 11.5 Å². The number of hydrogen-bond donors (Lipinski definition) is 2. The van der Waals surface area contributed by atoms with E-state index in [1.165, 1.54) is 0 Å². The lowest BCUT2D eigenvalue weighted by atomic mass is 9.90. The van der Waals surface area contributed by atoms with Crippen LogP contribution in [-0.2, 0) is 5.75 Å². The summed E-state index contributed by atoms with van der Waals surface area (Å²) in [6.07, 6.45) is 3.46. The molecule has 1 amide bonds. The van der Waals surface area contributed by atoms with Crippen molar-refractivity contribution in [1.29, 1.82) is 0 Å². The number of pyridine rings is 1. The first-order valence-electron chi connectivity index (χ1n) is 12.1. The Kier molecular flexibility index (Phi) is 9.24. The molecule has 1 fully saturated rings. The highest BCUT2D eigenvalue weighted by atomic mass is 32.2. The van der Waals surface area contributed by atoms with E-state index in [9.17, 15) is 4.79 Å². The summed E-state index contributed by atoms with van der Waals surface area (Å²) in [5, 5.41) is 7.08. The number of anilines is 1. The summed E-state index contributed by atoms with van der Waals surface area (Å²) < 4.78 is 10.6. The van der Waals surface area contributed by atoms with Gasteiger partial charge < -0.3 is 24.7 Å². The van der Waals surface area contributed by atoms with Gasteiger partial charge in [0, 0.05) is 42.7 Å². The monoisotopic (exact) mass is 524 g/mol. The van der Waals surface area contributed by atoms with Gasteiger partial charge in [-0.1, -0.05) is 0 Å². The molecule has 190 valence electrons. The second-order valence-corrected chi connectivity index (χ2v) is 10.2. The van der Waals surface area contributed by atoms with Gasteiger partial charge in [-0.15, -0.1) is 0 Å². The van der Waals surface area contributed by atoms with E-state index in [-0.39, 0.29) is 11.8 Å². The first kappa shape index (κ1) is 26.0. The maximum Gasteiger partial charge on any atom is 0.253 e. The quantitative estimate of drug-likeness (QED) is 0.291. The third kappa shape index (κ3) is 7.01. The van der Waals surface area contributed by atoms with Crippen molar-refractivity contribution in [3.8, 4) is 5.75 Å². The molecule has 1 aliphatic rings. The minimum atomic E-state index is -0.0600. The molecule has 1 aliphatic heterocycles. The maximum absolute atomic E-state index is 13.0. The zero-order valence-corrected chi connectivity index (χ0v) is 22.3. The van der Waals surface area contributed by atoms with Crippen molar-refractivity contribution in [2.75, 3.05) is 37.8 Å². The molecule has 3 heterocycles. The van der Waals surface area contributed by atoms with E-state index in [1.54, 1.807) is 25.1 Å². The molecule has 0 unspecified atom stereocenters. The molecule has 2 aromatic heterocycles. The van der Waals surface area contributed by atoms with Crippen molar-refractivity contribution in [2.24, 2.45) is 0 Å². The number of rotatable bonds is 9. The number of amides is 1. The first-order valence-corrected chi connectivity index (χ1v) is 13.7. The average Bonchev–Trinajstić information content (AvgIpc) is 3.42. The second kappa shape index (κ2) is 12.8. The SMILES string of the molecule is COc1ccc(NC(=S)N2CCC(c3nc(C)ccc3C(=O)NCCSCc3ccco3)CC2)cc1. The van der Waals surface area contributed by atoms with Gasteiger partial charge in [-0.05, 0) is 80.5 Å². The van der Waals surface area contributed by atoms with Crippen molar-refractivity contribution in [1.82, 2.24) is 15.2 Å². The van der Waals surface area contributed by atoms with E-state index in [1.807, 2.05) is 55.5 Å². The van der Waals surface area contributed by atoms with Crippen LogP contribution in [-0.4, -0.2) is 53.4 Å². The number of carbonyl (C=O) groups excluding carboxylic acids is 1. The molecule has 1 aromatic carbocycles. The molecule has 0 saturated carbocycles. The molecule has 0 radical (unpaired) electrons. The topological polar surface area (TPSA) is 79.6 Å². The highest BCUT2D eigenvalue weighted by molar-refractivity contribution is 7.98. The van der Waals surface area contributed by atoms with E-state index in [4.69, 9.17) is 26.4 Å². The van der Waals surface area contributed by atoms with Gasteiger partial charge in [0.15, 0.2) is 5.11 Å². The predicted molar refractivity (Wildman–Crippen MR) is 149 cm³/mol. The molecule has 36 heavy (non-hydrogen) atoms. The highest BCUT2D eigenvalue weighted by Crippen LogP contribution is 2.30. The Morgan fingerprint density at radius 2 is 1.97 bits per heavy atom. The first-order chi connectivity index (χ1) is 17.5. The average molecular weight is 525 g/mol. The Bertz CT molecular complexity index is 1140. The number of nitrogens with zero attached hydrogens (tertiary/aromatic N) is 2. The lowest BCUT2D eigenvalue weighted by molar-refractivity contribution is 0.0953. The van der Waals surface area contributed by atoms with Crippen LogP contribution in [0.1, 0.15) is 46.3 Å². The van der Waals surface area contributed by atoms with Crippen molar-refractivity contribution < 1.29 is 13.9 Å². The number of thiocarbonyl (C=S) groups is 1. The Balaban J connectivity index is 1.29. The zero-order chi connectivity index (χ0) is 25.3. The molecule has 3 aromatic rings. The predicted octanol–water partition coefficient (Wildman–Crippen LogP) is 5.23. The number of benzene rings is 1. The van der Waals surface area contributed by atoms with Gasteiger partial charge in [0.25, 0.3) is 5.91 Å². The number of aryl methyl sites for hydroxylation is 1. The van der Waals surface area contributed by atoms with Crippen molar-refractivity contribution in [3.05, 3.63) is 77.5 Å². The van der Waals surface area contributed by atoms with Crippen molar-refractivity contribution in [2.45, 2.75) is 31.4 Å². The molecule has 0 atom stereocenters. The van der Waals surface area contributed by atoms with Gasteiger partial charge >= 0.3 is 0 Å². The van der Waals surface area contributed by atoms with Crippen LogP contribution in [0.4, 0.5) is 5.69 Å². The van der Waals surface area contributed by atoms with E-state index in [0.717, 1.165) is 66.0 Å². The summed E-state index contributed by atoms with van der Waals surface area (Å²) in [5.74, 6) is 3.53. The minimum absolute atomic E-state index is 0.0600. The molecule has 7 nitrogen and oxygen atoms in total. The van der Waals surface area contributed by atoms with Gasteiger partial charge in [-0.3, -0.25) is 9.78 Å². The molecule has 2 N–H and O–H groups in total. The fourth-order valence-electron chi connectivity index (χ4n) is 4.21. The van der Waals surface area contributed by atoms with Crippen LogP contribution in [0.25, 0.3) is 0 Å². The van der Waals surface area contributed by atoms with Crippen LogP contribution < -0.4 is 15.4 Å². The summed E-state index contributed by atoms with van der Waals surface area (Å²) >= 11 is 7.39. The number of likely N-dealkylation sites (tertiary alicyclic amines) is 1. The number of furan rings is 1. The standard InChI is InChI=1S/C27H32N4O3S2/c1-19-5-10-24(26(32)28-13-17-36-18-23-4-3-16-34-23)25(29-19)20-11-14-31(15-12-20)27(35)30-21-6-8-22(33-2)9-7-21/h3-10,16,20H,11-15,17-18H2,1-2H3,(H,28,32)(H,30,35). The second-order valence-electron chi connectivity index (χ2n) is 8.69. The van der Waals surface area contributed by atoms with Crippen molar-refractivity contribution in [3.63, 3.8) is 0 Å².